The van der Waals surface area contributed by atoms with E-state index in [9.17, 15) is 0 Å². The number of hydrogen-bond donors (Lipinski definition) is 2. The third-order valence-corrected chi connectivity index (χ3v) is 0. The van der Waals surface area contributed by atoms with Crippen molar-refractivity contribution in [3.8, 4) is 0 Å². The van der Waals surface area contributed by atoms with Gasteiger partial charge >= 0.3 is 109 Å². The molecule has 0 heterocycles. The minimum atomic E-state index is -5.17. The van der Waals surface area contributed by atoms with Gasteiger partial charge in [0.25, 0.3) is 0 Å². The van der Waals surface area contributed by atoms with Gasteiger partial charge in [-0.1, -0.05) is 0 Å². The van der Waals surface area contributed by atoms with Crippen molar-refractivity contribution in [3.63, 3.8) is 0 Å². The summed E-state index contributed by atoms with van der Waals surface area (Å²) >= 11 is 0. The molecule has 68 valence electrons. The number of amides is 2. The molecule has 13 heavy (non-hydrogen) atoms. The Hall–Kier alpha value is 2.08. The van der Waals surface area contributed by atoms with Crippen molar-refractivity contribution in [1.82, 2.24) is 0 Å². The largest absolute Gasteiger partial charge is 1.00 e. The Morgan fingerprint density at radius 2 is 1.08 bits per heavy atom. The smallest absolute Gasteiger partial charge is 0.759 e. The molecule has 0 radical (unpaired) electrons. The van der Waals surface area contributed by atoms with Crippen molar-refractivity contribution in [1.29, 1.82) is 0 Å². The van der Waals surface area contributed by atoms with Gasteiger partial charge in [-0.15, -0.1) is 0 Å². The molecule has 0 unspecified atom stereocenters. The minimum Gasteiger partial charge on any atom is -0.759 e. The zero-order valence-corrected chi connectivity index (χ0v) is 14.3. The molecule has 0 aromatic heterocycles. The molecule has 0 bridgehead atoms. The zero-order chi connectivity index (χ0) is 10.1. The van der Waals surface area contributed by atoms with Gasteiger partial charge in [-0.2, -0.15) is 0 Å². The average molecular weight is 264 g/mol. The second-order valence-corrected chi connectivity index (χ2v) is 1.63. The van der Waals surface area contributed by atoms with Gasteiger partial charge in [0.15, 0.2) is 0 Å². The predicted molar refractivity (Wildman–Crippen MR) is 31.4 cm³/mol. The summed E-state index contributed by atoms with van der Waals surface area (Å²) in [6.07, 6.45) is 0. The Morgan fingerprint density at radius 3 is 1.08 bits per heavy atom. The molecular formula is C2H6K2N2O6S. The van der Waals surface area contributed by atoms with Gasteiger partial charge in [0, 0.05) is 10.4 Å². The third kappa shape index (κ3) is 474. The molecule has 0 aliphatic rings. The number of primary amides is 2. The molecular weight excluding hydrogens is 258 g/mol. The molecule has 11 heteroatoms. The van der Waals surface area contributed by atoms with E-state index in [2.05, 4.69) is 11.5 Å². The second kappa shape index (κ2) is 19.6. The number of hydrogen-bond acceptors (Lipinski definition) is 6. The van der Waals surface area contributed by atoms with E-state index in [-0.39, 0.29) is 103 Å². The predicted octanol–water partition coefficient (Wildman–Crippen LogP) is -8.49. The summed E-state index contributed by atoms with van der Waals surface area (Å²) < 4.78 is 34.1. The average Bonchev–Trinajstić information content (AvgIpc) is 1.63. The molecule has 0 rings (SSSR count). The molecule has 0 spiro atoms. The van der Waals surface area contributed by atoms with E-state index in [0.717, 1.165) is 0 Å². The minimum absolute atomic E-state index is 0. The monoisotopic (exact) mass is 264 g/mol. The van der Waals surface area contributed by atoms with E-state index < -0.39 is 16.4 Å². The SMILES string of the molecule is C=O.NC(N)=O.O=S(=O)([O-])[O-].[K+].[K+]. The van der Waals surface area contributed by atoms with E-state index in [0.29, 0.717) is 0 Å². The van der Waals surface area contributed by atoms with Crippen LogP contribution in [-0.2, 0) is 15.2 Å². The molecule has 4 N–H and O–H groups in total. The summed E-state index contributed by atoms with van der Waals surface area (Å²) in [6, 6.07) is -0.833. The quantitative estimate of drug-likeness (QED) is 0.250. The molecule has 0 saturated carbocycles. The maximum absolute atomic E-state index is 9.00. The molecule has 0 aliphatic carbocycles. The van der Waals surface area contributed by atoms with Crippen molar-refractivity contribution in [3.05, 3.63) is 0 Å². The zero-order valence-electron chi connectivity index (χ0n) is 7.22. The van der Waals surface area contributed by atoms with Crippen LogP contribution in [0.1, 0.15) is 0 Å². The molecule has 0 aromatic carbocycles. The van der Waals surface area contributed by atoms with Crippen LogP contribution in [0.25, 0.3) is 0 Å². The summed E-state index contributed by atoms with van der Waals surface area (Å²) in [6.45, 7) is 2.00. The van der Waals surface area contributed by atoms with Gasteiger partial charge < -0.3 is 25.4 Å². The Kier molecular flexibility index (Phi) is 44.4. The number of carbonyl (C=O) groups excluding carboxylic acids is 2. The summed E-state index contributed by atoms with van der Waals surface area (Å²) in [7, 11) is -5.17. The van der Waals surface area contributed by atoms with Gasteiger partial charge in [0.1, 0.15) is 6.79 Å². The van der Waals surface area contributed by atoms with Crippen molar-refractivity contribution in [2.75, 3.05) is 0 Å². The van der Waals surface area contributed by atoms with Crippen LogP contribution in [0.5, 0.6) is 0 Å². The van der Waals surface area contributed by atoms with E-state index in [1.165, 1.54) is 0 Å². The number of rotatable bonds is 0. The number of nitrogens with two attached hydrogens (primary N) is 2. The first-order chi connectivity index (χ1) is 4.73. The first-order valence-electron chi connectivity index (χ1n) is 1.74. The van der Waals surface area contributed by atoms with E-state index in [1.807, 2.05) is 6.79 Å². The Bertz CT molecular complexity index is 181. The second-order valence-electron chi connectivity index (χ2n) is 0.811. The van der Waals surface area contributed by atoms with Crippen LogP contribution >= 0.6 is 0 Å². The van der Waals surface area contributed by atoms with Gasteiger partial charge in [0.05, 0.1) is 0 Å². The fourth-order valence-electron chi connectivity index (χ4n) is 0. The fourth-order valence-corrected chi connectivity index (χ4v) is 0. The van der Waals surface area contributed by atoms with Crippen LogP contribution in [0.4, 0.5) is 4.79 Å². The van der Waals surface area contributed by atoms with Crippen molar-refractivity contribution in [2.45, 2.75) is 0 Å². The van der Waals surface area contributed by atoms with Gasteiger partial charge in [0.2, 0.25) is 0 Å². The van der Waals surface area contributed by atoms with Crippen molar-refractivity contribution in [2.24, 2.45) is 11.5 Å². The normalized spacial score (nSPS) is 6.62. The first-order valence-corrected chi connectivity index (χ1v) is 3.07. The van der Waals surface area contributed by atoms with Gasteiger partial charge in [-0.25, -0.2) is 4.79 Å². The van der Waals surface area contributed by atoms with Crippen LogP contribution in [0.3, 0.4) is 0 Å². The molecule has 2 amide bonds. The third-order valence-electron chi connectivity index (χ3n) is 0. The Balaban J connectivity index is -0.0000000246. The van der Waals surface area contributed by atoms with Crippen LogP contribution in [0.2, 0.25) is 0 Å². The van der Waals surface area contributed by atoms with Gasteiger partial charge in [-0.3, -0.25) is 8.42 Å². The molecule has 0 aromatic rings. The van der Waals surface area contributed by atoms with Crippen LogP contribution in [0, 0.1) is 0 Å². The van der Waals surface area contributed by atoms with Crippen LogP contribution in [-0.4, -0.2) is 30.3 Å². The molecule has 8 nitrogen and oxygen atoms in total. The number of urea groups is 1. The Morgan fingerprint density at radius 1 is 1.08 bits per heavy atom. The molecule has 0 aliphatic heterocycles. The van der Waals surface area contributed by atoms with Crippen molar-refractivity contribution < 1.29 is 130 Å². The van der Waals surface area contributed by atoms with Crippen molar-refractivity contribution >= 4 is 23.2 Å². The van der Waals surface area contributed by atoms with E-state index >= 15 is 0 Å². The fraction of sp³-hybridized carbons (Fsp3) is 0. The van der Waals surface area contributed by atoms with Crippen LogP contribution in [0.15, 0.2) is 0 Å². The summed E-state index contributed by atoms with van der Waals surface area (Å²) in [5, 5.41) is 0. The number of carbonyl (C=O) groups is 2. The maximum atomic E-state index is 9.00. The Labute approximate surface area is 161 Å². The molecule has 0 atom stereocenters. The standard InChI is InChI=1S/CH4N2O.CH2O.2K.H2O4S/c2-1(3)4;1-2;;;1-5(2,3)4/h(H4,2,3,4);1H2;;;(H2,1,2,3,4)/q;;2*+1;/p-2. The van der Waals surface area contributed by atoms with E-state index in [4.69, 9.17) is 27.1 Å². The molecule has 0 saturated heterocycles. The summed E-state index contributed by atoms with van der Waals surface area (Å²) in [5.41, 5.74) is 8.50. The van der Waals surface area contributed by atoms with Gasteiger partial charge in [-0.05, 0) is 0 Å². The van der Waals surface area contributed by atoms with E-state index in [1.54, 1.807) is 0 Å². The van der Waals surface area contributed by atoms with Crippen LogP contribution < -0.4 is 114 Å². The summed E-state index contributed by atoms with van der Waals surface area (Å²) in [4.78, 5) is 17.0. The maximum Gasteiger partial charge on any atom is 1.00 e. The topological polar surface area (TPSA) is 166 Å². The molecule has 0 fully saturated rings. The first kappa shape index (κ1) is 29.4. The summed E-state index contributed by atoms with van der Waals surface area (Å²) in [5.74, 6) is 0.